The fraction of sp³-hybridized carbons (Fsp3) is 1.00. The predicted octanol–water partition coefficient (Wildman–Crippen LogP) is 1.84. The van der Waals surface area contributed by atoms with Gasteiger partial charge in [-0.2, -0.15) is 0 Å². The van der Waals surface area contributed by atoms with Gasteiger partial charge < -0.3 is 5.73 Å². The Labute approximate surface area is 82.5 Å². The summed E-state index contributed by atoms with van der Waals surface area (Å²) >= 11 is 0. The van der Waals surface area contributed by atoms with E-state index >= 15 is 0 Å². The Kier molecular flexibility index (Phi) is 4.20. The van der Waals surface area contributed by atoms with Gasteiger partial charge in [-0.05, 0) is 32.7 Å². The molecule has 2 nitrogen and oxygen atoms in total. The zero-order valence-corrected chi connectivity index (χ0v) is 9.29. The number of nitrogens with two attached hydrogens (primary N) is 1. The summed E-state index contributed by atoms with van der Waals surface area (Å²) in [5.74, 6) is 0.908. The predicted molar refractivity (Wildman–Crippen MR) is 57.7 cm³/mol. The molecule has 0 radical (unpaired) electrons. The zero-order valence-electron chi connectivity index (χ0n) is 9.29. The van der Waals surface area contributed by atoms with Crippen molar-refractivity contribution >= 4 is 0 Å². The van der Waals surface area contributed by atoms with Crippen LogP contribution < -0.4 is 5.73 Å². The number of hydrogen-bond acceptors (Lipinski definition) is 2. The number of rotatable bonds is 3. The largest absolute Gasteiger partial charge is 0.329 e. The van der Waals surface area contributed by atoms with E-state index in [4.69, 9.17) is 5.73 Å². The van der Waals surface area contributed by atoms with Crippen molar-refractivity contribution < 1.29 is 0 Å². The third-order valence-electron chi connectivity index (χ3n) is 3.52. The fourth-order valence-corrected chi connectivity index (χ4v) is 2.30. The van der Waals surface area contributed by atoms with Crippen LogP contribution in [0.2, 0.25) is 0 Å². The maximum Gasteiger partial charge on any atom is 0.0190 e. The number of nitrogens with zero attached hydrogens (tertiary/aromatic N) is 1. The van der Waals surface area contributed by atoms with E-state index in [1.54, 1.807) is 0 Å². The van der Waals surface area contributed by atoms with Gasteiger partial charge in [0.15, 0.2) is 0 Å². The van der Waals surface area contributed by atoms with Crippen LogP contribution in [0.1, 0.15) is 39.5 Å². The summed E-state index contributed by atoms with van der Waals surface area (Å²) in [6.45, 7) is 5.37. The second-order valence-electron chi connectivity index (χ2n) is 4.68. The highest BCUT2D eigenvalue weighted by Crippen LogP contribution is 2.27. The summed E-state index contributed by atoms with van der Waals surface area (Å²) in [4.78, 5) is 2.47. The SMILES string of the molecule is CC1CCCC(N(C)[C@H](C)CN)C1. The minimum absolute atomic E-state index is 0.537. The molecule has 0 amide bonds. The molecule has 78 valence electrons. The Morgan fingerprint density at radius 2 is 2.15 bits per heavy atom. The van der Waals surface area contributed by atoms with Crippen LogP contribution in [0, 0.1) is 5.92 Å². The number of hydrogen-bond donors (Lipinski definition) is 1. The van der Waals surface area contributed by atoms with Crippen LogP contribution in [-0.2, 0) is 0 Å². The van der Waals surface area contributed by atoms with E-state index in [0.717, 1.165) is 18.5 Å². The second kappa shape index (κ2) is 4.97. The van der Waals surface area contributed by atoms with E-state index < -0.39 is 0 Å². The van der Waals surface area contributed by atoms with Crippen molar-refractivity contribution in [2.24, 2.45) is 11.7 Å². The molecule has 1 fully saturated rings. The Bertz CT molecular complexity index is 147. The van der Waals surface area contributed by atoms with Gasteiger partial charge in [-0.1, -0.05) is 19.8 Å². The van der Waals surface area contributed by atoms with Crippen molar-refractivity contribution in [1.29, 1.82) is 0 Å². The zero-order chi connectivity index (χ0) is 9.84. The minimum Gasteiger partial charge on any atom is -0.329 e. The molecule has 0 spiro atoms. The summed E-state index contributed by atoms with van der Waals surface area (Å²) in [6.07, 6.45) is 5.54. The molecule has 1 aliphatic rings. The van der Waals surface area contributed by atoms with Crippen LogP contribution in [0.15, 0.2) is 0 Å². The lowest BCUT2D eigenvalue weighted by Crippen LogP contribution is -2.44. The van der Waals surface area contributed by atoms with Gasteiger partial charge >= 0.3 is 0 Å². The standard InChI is InChI=1S/C11H24N2/c1-9-5-4-6-11(7-9)13(3)10(2)8-12/h9-11H,4-8,12H2,1-3H3/t9?,10-,11?/m1/s1. The topological polar surface area (TPSA) is 29.3 Å². The maximum atomic E-state index is 5.67. The molecule has 2 N–H and O–H groups in total. The van der Waals surface area contributed by atoms with Gasteiger partial charge in [-0.25, -0.2) is 0 Å². The van der Waals surface area contributed by atoms with Crippen molar-refractivity contribution in [1.82, 2.24) is 4.90 Å². The molecular formula is C11H24N2. The van der Waals surface area contributed by atoms with Gasteiger partial charge in [0.25, 0.3) is 0 Å². The molecule has 1 rings (SSSR count). The smallest absolute Gasteiger partial charge is 0.0190 e. The van der Waals surface area contributed by atoms with Crippen LogP contribution in [0.3, 0.4) is 0 Å². The van der Waals surface area contributed by atoms with Crippen molar-refractivity contribution in [2.75, 3.05) is 13.6 Å². The normalized spacial score (nSPS) is 32.1. The highest BCUT2D eigenvalue weighted by molar-refractivity contribution is 4.80. The van der Waals surface area contributed by atoms with E-state index in [1.165, 1.54) is 25.7 Å². The third-order valence-corrected chi connectivity index (χ3v) is 3.52. The average Bonchev–Trinajstić information content (AvgIpc) is 2.15. The van der Waals surface area contributed by atoms with Crippen LogP contribution in [0.5, 0.6) is 0 Å². The van der Waals surface area contributed by atoms with Gasteiger partial charge in [0.05, 0.1) is 0 Å². The van der Waals surface area contributed by atoms with Crippen molar-refractivity contribution in [3.8, 4) is 0 Å². The van der Waals surface area contributed by atoms with Gasteiger partial charge in [-0.15, -0.1) is 0 Å². The molecule has 0 bridgehead atoms. The van der Waals surface area contributed by atoms with Crippen LogP contribution >= 0.6 is 0 Å². The molecule has 13 heavy (non-hydrogen) atoms. The molecule has 1 saturated carbocycles. The summed E-state index contributed by atoms with van der Waals surface area (Å²) in [7, 11) is 2.22. The Morgan fingerprint density at radius 1 is 1.46 bits per heavy atom. The van der Waals surface area contributed by atoms with Crippen LogP contribution in [0.4, 0.5) is 0 Å². The molecule has 0 aliphatic heterocycles. The maximum absolute atomic E-state index is 5.67. The first-order chi connectivity index (χ1) is 6.15. The highest BCUT2D eigenvalue weighted by atomic mass is 15.2. The Morgan fingerprint density at radius 3 is 2.69 bits per heavy atom. The monoisotopic (exact) mass is 184 g/mol. The van der Waals surface area contributed by atoms with E-state index in [2.05, 4.69) is 25.8 Å². The Hall–Kier alpha value is -0.0800. The second-order valence-corrected chi connectivity index (χ2v) is 4.68. The van der Waals surface area contributed by atoms with Crippen molar-refractivity contribution in [3.05, 3.63) is 0 Å². The first-order valence-electron chi connectivity index (χ1n) is 5.57. The molecule has 1 aliphatic carbocycles. The molecule has 0 aromatic rings. The van der Waals surface area contributed by atoms with E-state index in [9.17, 15) is 0 Å². The van der Waals surface area contributed by atoms with E-state index in [-0.39, 0.29) is 0 Å². The molecule has 0 aromatic heterocycles. The summed E-state index contributed by atoms with van der Waals surface area (Å²) in [5, 5.41) is 0. The van der Waals surface area contributed by atoms with Gasteiger partial charge in [0.2, 0.25) is 0 Å². The minimum atomic E-state index is 0.537. The highest BCUT2D eigenvalue weighted by Gasteiger charge is 2.24. The van der Waals surface area contributed by atoms with Crippen LogP contribution in [-0.4, -0.2) is 30.6 Å². The molecule has 2 heteroatoms. The molecule has 0 heterocycles. The molecular weight excluding hydrogens is 160 g/mol. The first-order valence-corrected chi connectivity index (χ1v) is 5.57. The number of likely N-dealkylation sites (N-methyl/N-ethyl adjacent to an activating group) is 1. The summed E-state index contributed by atoms with van der Waals surface area (Å²) < 4.78 is 0. The Balaban J connectivity index is 2.41. The lowest BCUT2D eigenvalue weighted by molar-refractivity contribution is 0.129. The first kappa shape index (κ1) is 11.0. The van der Waals surface area contributed by atoms with Gasteiger partial charge in [-0.3, -0.25) is 4.90 Å². The van der Waals surface area contributed by atoms with E-state index in [1.807, 2.05) is 0 Å². The molecule has 2 unspecified atom stereocenters. The van der Waals surface area contributed by atoms with Crippen molar-refractivity contribution in [3.63, 3.8) is 0 Å². The lowest BCUT2D eigenvalue weighted by atomic mass is 9.86. The molecule has 3 atom stereocenters. The van der Waals surface area contributed by atoms with E-state index in [0.29, 0.717) is 6.04 Å². The quantitative estimate of drug-likeness (QED) is 0.725. The molecule has 0 saturated heterocycles. The average molecular weight is 184 g/mol. The third kappa shape index (κ3) is 2.96. The summed E-state index contributed by atoms with van der Waals surface area (Å²) in [6, 6.07) is 1.32. The molecule has 0 aromatic carbocycles. The van der Waals surface area contributed by atoms with Gasteiger partial charge in [0, 0.05) is 18.6 Å². The van der Waals surface area contributed by atoms with Gasteiger partial charge in [0.1, 0.15) is 0 Å². The van der Waals surface area contributed by atoms with Crippen LogP contribution in [0.25, 0.3) is 0 Å². The lowest BCUT2D eigenvalue weighted by Gasteiger charge is -2.37. The van der Waals surface area contributed by atoms with Crippen molar-refractivity contribution in [2.45, 2.75) is 51.6 Å². The summed E-state index contributed by atoms with van der Waals surface area (Å²) in [5.41, 5.74) is 5.67. The fourth-order valence-electron chi connectivity index (χ4n) is 2.30.